The Morgan fingerprint density at radius 1 is 1.40 bits per heavy atom. The van der Waals surface area contributed by atoms with Crippen LogP contribution in [0.15, 0.2) is 0 Å². The van der Waals surface area contributed by atoms with Crippen molar-refractivity contribution in [3.63, 3.8) is 0 Å². The summed E-state index contributed by atoms with van der Waals surface area (Å²) in [6.07, 6.45) is 0. The molecule has 0 aliphatic heterocycles. The first-order valence-corrected chi connectivity index (χ1v) is 1.70. The van der Waals surface area contributed by atoms with Crippen molar-refractivity contribution in [2.75, 3.05) is 0 Å². The molecule has 0 aromatic carbocycles. The molecule has 3 nitrogen and oxygen atoms in total. The molecule has 5 heteroatoms. The van der Waals surface area contributed by atoms with Gasteiger partial charge in [0.25, 0.3) is 0 Å². The molecule has 0 saturated carbocycles. The fraction of sp³-hybridized carbons (Fsp3) is 0. The van der Waals surface area contributed by atoms with Crippen LogP contribution in [0.3, 0.4) is 0 Å². The smallest absolute Gasteiger partial charge is 0.796 e. The Kier molecular flexibility index (Phi) is 8.07. The maximum atomic E-state index is 8.59. The minimum atomic E-state index is -3.12. The maximum absolute atomic E-state index is 8.59. The predicted octanol–water partition coefficient (Wildman–Crippen LogP) is -1.50. The zero-order valence-corrected chi connectivity index (χ0v) is 4.06. The summed E-state index contributed by atoms with van der Waals surface area (Å²) in [7, 11) is -3.12. The molecule has 0 bridgehead atoms. The largest absolute Gasteiger partial charge is 2.00 e. The van der Waals surface area contributed by atoms with E-state index in [1.165, 1.54) is 0 Å². The summed E-state index contributed by atoms with van der Waals surface area (Å²) in [4.78, 5) is 17.2. The van der Waals surface area contributed by atoms with Crippen molar-refractivity contribution >= 4 is 8.01 Å². The molecule has 0 aromatic rings. The molecule has 0 N–H and O–H groups in total. The Bertz CT molecular complexity index is 55.8. The monoisotopic (exact) mass is 133 g/mol. The number of hydrogen-bond donors (Lipinski definition) is 0. The topological polar surface area (TPSA) is 69.9 Å². The number of rotatable bonds is 0. The van der Waals surface area contributed by atoms with Gasteiger partial charge in [-0.15, -0.1) is 8.01 Å². The molecule has 0 aliphatic carbocycles. The first-order chi connectivity index (χ1) is 1.73. The molecule has 0 fully saturated rings. The molecular formula is FeNO2P. The quantitative estimate of drug-likeness (QED) is 0.298. The molecule has 0 saturated heterocycles. The third-order valence-electron chi connectivity index (χ3n) is 0. The van der Waals surface area contributed by atoms with Crippen LogP contribution >= 0.6 is 8.01 Å². The van der Waals surface area contributed by atoms with Gasteiger partial charge in [0.2, 0.25) is 0 Å². The van der Waals surface area contributed by atoms with Gasteiger partial charge >= 0.3 is 17.1 Å². The minimum Gasteiger partial charge on any atom is -0.796 e. The Morgan fingerprint density at radius 2 is 1.40 bits per heavy atom. The molecule has 0 heterocycles. The van der Waals surface area contributed by atoms with Gasteiger partial charge in [0, 0.05) is 0 Å². The Labute approximate surface area is 40.6 Å². The zero-order chi connectivity index (χ0) is 3.58. The van der Waals surface area contributed by atoms with Gasteiger partial charge in [0.1, 0.15) is 0 Å². The van der Waals surface area contributed by atoms with Crippen LogP contribution in [0, 0.1) is 5.00 Å². The van der Waals surface area contributed by atoms with Crippen LogP contribution in [0.4, 0.5) is 0 Å². The van der Waals surface area contributed by atoms with Crippen LogP contribution in [0.5, 0.6) is 0 Å². The van der Waals surface area contributed by atoms with Crippen molar-refractivity contribution in [3.8, 4) is 0 Å². The van der Waals surface area contributed by atoms with E-state index in [2.05, 4.69) is 0 Å². The summed E-state index contributed by atoms with van der Waals surface area (Å²) in [5, 5.41) is 7.01. The second-order valence-corrected chi connectivity index (χ2v) is 0.714. The van der Waals surface area contributed by atoms with E-state index < -0.39 is 8.01 Å². The second kappa shape index (κ2) is 4.45. The van der Waals surface area contributed by atoms with Gasteiger partial charge in [-0.05, 0) is 0 Å². The summed E-state index contributed by atoms with van der Waals surface area (Å²) < 4.78 is 0. The maximum Gasteiger partial charge on any atom is 2.00 e. The van der Waals surface area contributed by atoms with Crippen molar-refractivity contribution in [2.24, 2.45) is 0 Å². The van der Waals surface area contributed by atoms with Crippen LogP contribution in [0.25, 0.3) is 0 Å². The van der Waals surface area contributed by atoms with Crippen LogP contribution in [-0.2, 0) is 17.1 Å². The van der Waals surface area contributed by atoms with Crippen LogP contribution in [0.2, 0.25) is 0 Å². The van der Waals surface area contributed by atoms with Gasteiger partial charge in [-0.1, -0.05) is 0 Å². The standard InChI is InChI=1S/Fe.NO2P/c;1-4(2)3/q+2;-2. The van der Waals surface area contributed by atoms with Gasteiger partial charge in [0.05, 0.1) is 0 Å². The fourth-order valence-corrected chi connectivity index (χ4v) is 0. The molecule has 30 valence electrons. The second-order valence-electron chi connectivity index (χ2n) is 0.238. The molecule has 0 atom stereocenters. The van der Waals surface area contributed by atoms with Crippen LogP contribution < -0.4 is 9.79 Å². The molecule has 0 rings (SSSR count). The summed E-state index contributed by atoms with van der Waals surface area (Å²) in [6, 6.07) is 0. The van der Waals surface area contributed by atoms with Gasteiger partial charge in [-0.3, -0.25) is 5.00 Å². The van der Waals surface area contributed by atoms with Crippen LogP contribution in [-0.4, -0.2) is 0 Å². The molecule has 0 aliphatic rings. The normalized spacial score (nSPS) is 5.00. The van der Waals surface area contributed by atoms with E-state index >= 15 is 0 Å². The van der Waals surface area contributed by atoms with Crippen LogP contribution in [0.1, 0.15) is 0 Å². The molecule has 5 heavy (non-hydrogen) atoms. The SMILES string of the molecule is N#P([O-])[O-].[Fe+2]. The summed E-state index contributed by atoms with van der Waals surface area (Å²) in [5.41, 5.74) is 0. The van der Waals surface area contributed by atoms with Gasteiger partial charge in [-0.2, -0.15) is 0 Å². The Balaban J connectivity index is 0. The number of hydrogen-bond acceptors (Lipinski definition) is 3. The third-order valence-corrected chi connectivity index (χ3v) is 0. The van der Waals surface area contributed by atoms with Crippen molar-refractivity contribution in [3.05, 3.63) is 0 Å². The molecule has 0 amide bonds. The van der Waals surface area contributed by atoms with E-state index in [4.69, 9.17) is 14.8 Å². The average molecular weight is 133 g/mol. The van der Waals surface area contributed by atoms with E-state index in [0.717, 1.165) is 0 Å². The predicted molar refractivity (Wildman–Crippen MR) is 8.64 cm³/mol. The zero-order valence-electron chi connectivity index (χ0n) is 2.06. The third kappa shape index (κ3) is 132. The van der Waals surface area contributed by atoms with E-state index in [-0.39, 0.29) is 17.1 Å². The van der Waals surface area contributed by atoms with E-state index in [0.29, 0.717) is 0 Å². The molecule has 0 aromatic heterocycles. The van der Waals surface area contributed by atoms with E-state index in [1.54, 1.807) is 0 Å². The fourth-order valence-electron chi connectivity index (χ4n) is 0. The summed E-state index contributed by atoms with van der Waals surface area (Å²) in [6.45, 7) is 0. The van der Waals surface area contributed by atoms with Gasteiger partial charge in [-0.25, -0.2) is 0 Å². The molecule has 0 spiro atoms. The van der Waals surface area contributed by atoms with Crippen molar-refractivity contribution < 1.29 is 26.9 Å². The van der Waals surface area contributed by atoms with E-state index in [9.17, 15) is 0 Å². The van der Waals surface area contributed by atoms with Crippen molar-refractivity contribution in [2.45, 2.75) is 0 Å². The summed E-state index contributed by atoms with van der Waals surface area (Å²) in [5.74, 6) is 0. The average Bonchev–Trinajstić information content (AvgIpc) is 0.811. The van der Waals surface area contributed by atoms with Gasteiger partial charge in [0.15, 0.2) is 0 Å². The van der Waals surface area contributed by atoms with Crippen molar-refractivity contribution in [1.29, 1.82) is 5.00 Å². The Morgan fingerprint density at radius 3 is 1.40 bits per heavy atom. The molecular weight excluding hydrogens is 133 g/mol. The first-order valence-electron chi connectivity index (χ1n) is 0.565. The van der Waals surface area contributed by atoms with E-state index in [1.807, 2.05) is 0 Å². The van der Waals surface area contributed by atoms with Gasteiger partial charge < -0.3 is 9.79 Å². The molecule has 0 radical (unpaired) electrons. The Hall–Kier alpha value is 0.449. The summed E-state index contributed by atoms with van der Waals surface area (Å²) >= 11 is 0. The number of nitrogens with zero attached hydrogens (tertiary/aromatic N) is 1. The minimum absolute atomic E-state index is 0. The van der Waals surface area contributed by atoms with Crippen molar-refractivity contribution in [1.82, 2.24) is 0 Å². The molecule has 0 unspecified atom stereocenters. The first kappa shape index (κ1) is 9.07.